The van der Waals surface area contributed by atoms with Crippen LogP contribution in [0.1, 0.15) is 51.1 Å². The molecule has 2 aromatic heterocycles. The van der Waals surface area contributed by atoms with Gasteiger partial charge in [-0.3, -0.25) is 0 Å². The van der Waals surface area contributed by atoms with Gasteiger partial charge in [-0.05, 0) is 57.6 Å². The fourth-order valence-electron chi connectivity index (χ4n) is 9.02. The molecule has 0 fully saturated rings. The number of aryl methyl sites for hydroxylation is 1. The molecule has 4 heteroatoms. The van der Waals surface area contributed by atoms with Crippen molar-refractivity contribution in [1.29, 1.82) is 0 Å². The molecular formula is C46H30O4. The van der Waals surface area contributed by atoms with E-state index in [2.05, 4.69) is 54.6 Å². The molecule has 11 rings (SSSR count). The smallest absolute Gasteiger partial charge is 0.143 e. The maximum Gasteiger partial charge on any atom is 0.143 e. The zero-order chi connectivity index (χ0) is 33.2. The first-order valence-corrected chi connectivity index (χ1v) is 17.2. The lowest BCUT2D eigenvalue weighted by Crippen LogP contribution is -2.44. The van der Waals surface area contributed by atoms with E-state index >= 15 is 0 Å². The molecule has 2 heterocycles. The Labute approximate surface area is 287 Å². The third kappa shape index (κ3) is 3.42. The number of allylic oxidation sites excluding steroid dienone is 1. The SMILES string of the molecule is OC1(c2cc3c4c(oc3c3ccccc23)CCC=C4)c2ccccc2C(O)(c2cc3c4ccccc4oc3c3ccccc23)c2ccccc21. The number of furan rings is 2. The fourth-order valence-corrected chi connectivity index (χ4v) is 9.02. The molecule has 0 bridgehead atoms. The highest BCUT2D eigenvalue weighted by Gasteiger charge is 2.52. The first-order valence-electron chi connectivity index (χ1n) is 17.2. The van der Waals surface area contributed by atoms with Crippen LogP contribution in [0.5, 0.6) is 0 Å². The summed E-state index contributed by atoms with van der Waals surface area (Å²) in [7, 11) is 0. The Morgan fingerprint density at radius 3 is 1.48 bits per heavy atom. The van der Waals surface area contributed by atoms with Gasteiger partial charge in [0.25, 0.3) is 0 Å². The van der Waals surface area contributed by atoms with Gasteiger partial charge in [0.2, 0.25) is 0 Å². The van der Waals surface area contributed by atoms with Crippen LogP contribution >= 0.6 is 0 Å². The highest BCUT2D eigenvalue weighted by molar-refractivity contribution is 6.16. The summed E-state index contributed by atoms with van der Waals surface area (Å²) in [6.07, 6.45) is 6.12. The molecule has 0 atom stereocenters. The van der Waals surface area contributed by atoms with Crippen molar-refractivity contribution in [1.82, 2.24) is 0 Å². The molecule has 0 spiro atoms. The molecule has 50 heavy (non-hydrogen) atoms. The number of hydrogen-bond donors (Lipinski definition) is 2. The Hall–Kier alpha value is -5.94. The zero-order valence-electron chi connectivity index (χ0n) is 27.0. The van der Waals surface area contributed by atoms with E-state index in [4.69, 9.17) is 8.83 Å². The fraction of sp³-hybridized carbons (Fsp3) is 0.0870. The molecular weight excluding hydrogens is 617 g/mol. The Morgan fingerprint density at radius 2 is 0.900 bits per heavy atom. The van der Waals surface area contributed by atoms with Gasteiger partial charge < -0.3 is 19.0 Å². The van der Waals surface area contributed by atoms with Crippen LogP contribution in [-0.4, -0.2) is 10.2 Å². The third-order valence-electron chi connectivity index (χ3n) is 11.2. The number of hydrogen-bond acceptors (Lipinski definition) is 4. The van der Waals surface area contributed by atoms with Crippen LogP contribution < -0.4 is 0 Å². The van der Waals surface area contributed by atoms with E-state index < -0.39 is 11.2 Å². The summed E-state index contributed by atoms with van der Waals surface area (Å²) >= 11 is 0. The number of benzene rings is 7. The number of fused-ring (bicyclic) bond motifs is 12. The molecule has 9 aromatic rings. The van der Waals surface area contributed by atoms with Gasteiger partial charge in [0.15, 0.2) is 0 Å². The van der Waals surface area contributed by atoms with Gasteiger partial charge in [-0.25, -0.2) is 0 Å². The molecule has 0 unspecified atom stereocenters. The van der Waals surface area contributed by atoms with E-state index in [1.165, 1.54) is 0 Å². The molecule has 0 saturated heterocycles. The predicted octanol–water partition coefficient (Wildman–Crippen LogP) is 10.5. The van der Waals surface area contributed by atoms with E-state index in [9.17, 15) is 10.2 Å². The molecule has 0 aliphatic heterocycles. The lowest BCUT2D eigenvalue weighted by Gasteiger charge is -2.45. The minimum atomic E-state index is -1.61. The topological polar surface area (TPSA) is 66.7 Å². The summed E-state index contributed by atoms with van der Waals surface area (Å²) in [6, 6.07) is 44.2. The van der Waals surface area contributed by atoms with Crippen LogP contribution in [0.3, 0.4) is 0 Å². The molecule has 2 aliphatic carbocycles. The van der Waals surface area contributed by atoms with E-state index in [0.717, 1.165) is 89.7 Å². The largest absolute Gasteiger partial charge is 0.460 e. The Morgan fingerprint density at radius 1 is 0.440 bits per heavy atom. The summed E-state index contributed by atoms with van der Waals surface area (Å²) in [6.45, 7) is 0. The van der Waals surface area contributed by atoms with Gasteiger partial charge in [-0.2, -0.15) is 0 Å². The van der Waals surface area contributed by atoms with Crippen LogP contribution in [0.25, 0.3) is 60.5 Å². The maximum absolute atomic E-state index is 13.6. The predicted molar refractivity (Wildman–Crippen MR) is 199 cm³/mol. The number of aliphatic hydroxyl groups is 2. The second-order valence-electron chi connectivity index (χ2n) is 13.7. The summed E-state index contributed by atoms with van der Waals surface area (Å²) in [5.41, 5.74) is 4.34. The van der Waals surface area contributed by atoms with E-state index in [1.807, 2.05) is 91.0 Å². The normalized spacial score (nSPS) is 19.7. The Kier molecular flexibility index (Phi) is 5.49. The second-order valence-corrected chi connectivity index (χ2v) is 13.7. The molecule has 2 aliphatic rings. The van der Waals surface area contributed by atoms with Crippen LogP contribution in [0.2, 0.25) is 0 Å². The lowest BCUT2D eigenvalue weighted by molar-refractivity contribution is 0.0765. The maximum atomic E-state index is 13.6. The molecule has 7 aromatic carbocycles. The van der Waals surface area contributed by atoms with Crippen LogP contribution in [-0.2, 0) is 17.6 Å². The van der Waals surface area contributed by atoms with Gasteiger partial charge in [0.05, 0.1) is 0 Å². The third-order valence-corrected chi connectivity index (χ3v) is 11.2. The summed E-state index contributed by atoms with van der Waals surface area (Å²) < 4.78 is 13.0. The van der Waals surface area contributed by atoms with Crippen molar-refractivity contribution >= 4 is 60.5 Å². The average Bonchev–Trinajstić information content (AvgIpc) is 3.75. The highest BCUT2D eigenvalue weighted by Crippen LogP contribution is 2.56. The number of rotatable bonds is 2. The van der Waals surface area contributed by atoms with Crippen molar-refractivity contribution in [2.45, 2.75) is 24.0 Å². The minimum Gasteiger partial charge on any atom is -0.460 e. The quantitative estimate of drug-likeness (QED) is 0.196. The Bertz CT molecular complexity index is 2870. The molecule has 4 nitrogen and oxygen atoms in total. The van der Waals surface area contributed by atoms with E-state index in [-0.39, 0.29) is 0 Å². The standard InChI is InChI=1S/C46H30O4/c47-45(39-25-33-29-15-5-11-23-41(29)49-43(33)31-17-3-1-13-27(31)39)35-19-7-9-21-37(35)46(48,38-22-10-8-20-36(38)45)40-26-34-30-16-6-12-24-42(30)50-44(34)32-18-4-2-14-28(32)40/h1-11,13-23,25-26,47-48H,12,24H2. The second kappa shape index (κ2) is 9.82. The van der Waals surface area contributed by atoms with Crippen molar-refractivity contribution in [2.24, 2.45) is 0 Å². The minimum absolute atomic E-state index is 0.636. The first-order chi connectivity index (χ1) is 24.6. The summed E-state index contributed by atoms with van der Waals surface area (Å²) in [5, 5.41) is 33.9. The Balaban J connectivity index is 1.27. The van der Waals surface area contributed by atoms with Gasteiger partial charge in [0.1, 0.15) is 33.7 Å². The monoisotopic (exact) mass is 646 g/mol. The van der Waals surface area contributed by atoms with Crippen LogP contribution in [0.15, 0.2) is 148 Å². The van der Waals surface area contributed by atoms with Gasteiger partial charge in [-0.1, -0.05) is 127 Å². The van der Waals surface area contributed by atoms with Crippen molar-refractivity contribution in [2.75, 3.05) is 0 Å². The van der Waals surface area contributed by atoms with Crippen LogP contribution in [0, 0.1) is 0 Å². The average molecular weight is 647 g/mol. The molecule has 2 N–H and O–H groups in total. The van der Waals surface area contributed by atoms with E-state index in [1.54, 1.807) is 0 Å². The zero-order valence-corrected chi connectivity index (χ0v) is 27.0. The van der Waals surface area contributed by atoms with Crippen molar-refractivity contribution in [3.05, 3.63) is 184 Å². The van der Waals surface area contributed by atoms with Gasteiger partial charge in [0, 0.05) is 50.0 Å². The lowest BCUT2D eigenvalue weighted by atomic mass is 9.62. The highest BCUT2D eigenvalue weighted by atomic mass is 16.3. The van der Waals surface area contributed by atoms with Crippen molar-refractivity contribution in [3.63, 3.8) is 0 Å². The van der Waals surface area contributed by atoms with Crippen molar-refractivity contribution in [3.8, 4) is 0 Å². The molecule has 238 valence electrons. The summed E-state index contributed by atoms with van der Waals surface area (Å²) in [4.78, 5) is 0. The molecule has 0 saturated carbocycles. The van der Waals surface area contributed by atoms with Crippen LogP contribution in [0.4, 0.5) is 0 Å². The van der Waals surface area contributed by atoms with Crippen molar-refractivity contribution < 1.29 is 19.0 Å². The molecule has 0 radical (unpaired) electrons. The first kappa shape index (κ1) is 28.0. The van der Waals surface area contributed by atoms with Gasteiger partial charge >= 0.3 is 0 Å². The number of para-hydroxylation sites is 1. The van der Waals surface area contributed by atoms with E-state index in [0.29, 0.717) is 22.3 Å². The summed E-state index contributed by atoms with van der Waals surface area (Å²) in [5.74, 6) is 0.977. The molecule has 0 amide bonds. The van der Waals surface area contributed by atoms with Gasteiger partial charge in [-0.15, -0.1) is 0 Å².